The number of hydrogen-bond donors (Lipinski definition) is 2. The second-order valence-electron chi connectivity index (χ2n) is 9.76. The highest BCUT2D eigenvalue weighted by Crippen LogP contribution is 2.35. The van der Waals surface area contributed by atoms with Crippen LogP contribution in [0.1, 0.15) is 84.0 Å². The monoisotopic (exact) mass is 487 g/mol. The standard InChI is InChI=1S/C23H41N3O6S/c1-2-26(20-8-4-3-5-9-20)21(27)10-6-7-19-11-15-25(16-12-19)33(30,31)23(22(28)24-29)13-17-32-18-14-23/h19-20,29H,2-18H2,1H3,(H,24,28). The van der Waals surface area contributed by atoms with E-state index in [-0.39, 0.29) is 32.0 Å². The molecule has 3 fully saturated rings. The van der Waals surface area contributed by atoms with Crippen molar-refractivity contribution in [3.8, 4) is 0 Å². The van der Waals surface area contributed by atoms with Crippen LogP contribution in [0, 0.1) is 5.92 Å². The fourth-order valence-corrected chi connectivity index (χ4v) is 7.96. The van der Waals surface area contributed by atoms with Crippen LogP contribution >= 0.6 is 0 Å². The number of ether oxygens (including phenoxy) is 1. The molecule has 0 aromatic carbocycles. The van der Waals surface area contributed by atoms with E-state index in [1.165, 1.54) is 23.6 Å². The minimum atomic E-state index is -3.92. The van der Waals surface area contributed by atoms with Gasteiger partial charge in [-0.15, -0.1) is 0 Å². The minimum absolute atomic E-state index is 0.0404. The summed E-state index contributed by atoms with van der Waals surface area (Å²) in [5.41, 5.74) is 1.57. The van der Waals surface area contributed by atoms with E-state index in [4.69, 9.17) is 4.74 Å². The summed E-state index contributed by atoms with van der Waals surface area (Å²) in [5, 5.41) is 9.18. The van der Waals surface area contributed by atoms with Crippen molar-refractivity contribution in [1.82, 2.24) is 14.7 Å². The molecule has 0 bridgehead atoms. The van der Waals surface area contributed by atoms with E-state index in [0.717, 1.165) is 45.1 Å². The largest absolute Gasteiger partial charge is 0.381 e. The summed E-state index contributed by atoms with van der Waals surface area (Å²) in [7, 11) is -3.92. The zero-order valence-corrected chi connectivity index (χ0v) is 20.8. The van der Waals surface area contributed by atoms with Crippen LogP contribution in [-0.4, -0.2) is 78.3 Å². The first-order valence-corrected chi connectivity index (χ1v) is 14.1. The predicted molar refractivity (Wildman–Crippen MR) is 124 cm³/mol. The van der Waals surface area contributed by atoms with E-state index in [9.17, 15) is 23.2 Å². The molecule has 0 aromatic rings. The first-order chi connectivity index (χ1) is 15.9. The van der Waals surface area contributed by atoms with Crippen molar-refractivity contribution in [1.29, 1.82) is 0 Å². The highest BCUT2D eigenvalue weighted by Gasteiger charge is 2.54. The van der Waals surface area contributed by atoms with Crippen LogP contribution in [0.4, 0.5) is 0 Å². The highest BCUT2D eigenvalue weighted by molar-refractivity contribution is 7.91. The Bertz CT molecular complexity index is 754. The Morgan fingerprint density at radius 3 is 2.30 bits per heavy atom. The lowest BCUT2D eigenvalue weighted by molar-refractivity contribution is -0.135. The maximum atomic E-state index is 13.4. The molecule has 2 saturated heterocycles. The third-order valence-corrected chi connectivity index (χ3v) is 10.5. The summed E-state index contributed by atoms with van der Waals surface area (Å²) in [4.78, 5) is 27.2. The summed E-state index contributed by atoms with van der Waals surface area (Å²) in [6.07, 6.45) is 9.76. The second kappa shape index (κ2) is 12.0. The van der Waals surface area contributed by atoms with Crippen molar-refractivity contribution < 1.29 is 28.0 Å². The third kappa shape index (κ3) is 5.89. The summed E-state index contributed by atoms with van der Waals surface area (Å²) in [6.45, 7) is 3.91. The lowest BCUT2D eigenvalue weighted by Crippen LogP contribution is -2.60. The van der Waals surface area contributed by atoms with Crippen LogP contribution in [0.5, 0.6) is 0 Å². The molecule has 3 rings (SSSR count). The van der Waals surface area contributed by atoms with E-state index in [1.54, 1.807) is 5.48 Å². The number of hydrogen-bond acceptors (Lipinski definition) is 6. The molecule has 190 valence electrons. The maximum Gasteiger partial charge on any atom is 0.266 e. The number of piperidine rings is 1. The molecule has 2 amide bonds. The van der Waals surface area contributed by atoms with Gasteiger partial charge in [-0.3, -0.25) is 14.8 Å². The summed E-state index contributed by atoms with van der Waals surface area (Å²) < 4.78 is 31.8. The van der Waals surface area contributed by atoms with Crippen molar-refractivity contribution in [2.75, 3.05) is 32.8 Å². The molecule has 2 heterocycles. The SMILES string of the molecule is CCN(C(=O)CCCC1CCN(S(=O)(=O)C2(C(=O)NO)CCOCC2)CC1)C1CCCCC1. The molecule has 0 atom stereocenters. The van der Waals surface area contributed by atoms with Crippen LogP contribution < -0.4 is 5.48 Å². The Hall–Kier alpha value is -1.23. The van der Waals surface area contributed by atoms with Gasteiger partial charge in [0.1, 0.15) is 0 Å². The van der Waals surface area contributed by atoms with E-state index in [2.05, 4.69) is 11.8 Å². The topological polar surface area (TPSA) is 116 Å². The van der Waals surface area contributed by atoms with Crippen molar-refractivity contribution in [2.24, 2.45) is 5.92 Å². The van der Waals surface area contributed by atoms with Gasteiger partial charge in [0.05, 0.1) is 0 Å². The van der Waals surface area contributed by atoms with Crippen molar-refractivity contribution in [2.45, 2.75) is 94.8 Å². The molecule has 2 aliphatic heterocycles. The summed E-state index contributed by atoms with van der Waals surface area (Å²) in [6, 6.07) is 0.401. The van der Waals surface area contributed by atoms with Gasteiger partial charge >= 0.3 is 0 Å². The Balaban J connectivity index is 1.48. The van der Waals surface area contributed by atoms with Gasteiger partial charge in [-0.25, -0.2) is 18.2 Å². The number of nitrogens with zero attached hydrogens (tertiary/aromatic N) is 2. The summed E-state index contributed by atoms with van der Waals surface area (Å²) >= 11 is 0. The Kier molecular flexibility index (Phi) is 9.55. The second-order valence-corrected chi connectivity index (χ2v) is 12.0. The normalized spacial score (nSPS) is 23.2. The Labute approximate surface area is 198 Å². The number of carbonyl (C=O) groups is 2. The fraction of sp³-hybridized carbons (Fsp3) is 0.913. The lowest BCUT2D eigenvalue weighted by atomic mass is 9.91. The molecule has 0 unspecified atom stereocenters. The van der Waals surface area contributed by atoms with E-state index in [1.807, 2.05) is 0 Å². The van der Waals surface area contributed by atoms with Gasteiger partial charge in [0.25, 0.3) is 5.91 Å². The number of carbonyl (C=O) groups excluding carboxylic acids is 2. The van der Waals surface area contributed by atoms with E-state index >= 15 is 0 Å². The number of amides is 2. The molecule has 1 saturated carbocycles. The molecule has 2 N–H and O–H groups in total. The van der Waals surface area contributed by atoms with Gasteiger partial charge in [-0.05, 0) is 51.4 Å². The van der Waals surface area contributed by atoms with Gasteiger partial charge < -0.3 is 9.64 Å². The number of nitrogens with one attached hydrogen (secondary N) is 1. The van der Waals surface area contributed by atoms with Crippen molar-refractivity contribution in [3.05, 3.63) is 0 Å². The molecule has 33 heavy (non-hydrogen) atoms. The average Bonchev–Trinajstić information content (AvgIpc) is 2.85. The van der Waals surface area contributed by atoms with Crippen LogP contribution in [0.25, 0.3) is 0 Å². The Morgan fingerprint density at radius 2 is 1.73 bits per heavy atom. The van der Waals surface area contributed by atoms with Gasteiger partial charge in [-0.1, -0.05) is 19.3 Å². The molecule has 0 spiro atoms. The zero-order chi connectivity index (χ0) is 23.9. The number of sulfonamides is 1. The molecule has 0 aromatic heterocycles. The first kappa shape index (κ1) is 26.4. The van der Waals surface area contributed by atoms with Crippen LogP contribution in [0.15, 0.2) is 0 Å². The molecule has 10 heteroatoms. The van der Waals surface area contributed by atoms with Crippen LogP contribution in [-0.2, 0) is 24.3 Å². The first-order valence-electron chi connectivity index (χ1n) is 12.7. The molecule has 3 aliphatic rings. The lowest BCUT2D eigenvalue weighted by Gasteiger charge is -2.40. The fourth-order valence-electron chi connectivity index (χ4n) is 5.81. The predicted octanol–water partition coefficient (Wildman–Crippen LogP) is 2.43. The van der Waals surface area contributed by atoms with Gasteiger partial charge in [0.15, 0.2) is 4.75 Å². The zero-order valence-electron chi connectivity index (χ0n) is 20.0. The molecular formula is C23H41N3O6S. The molecule has 9 nitrogen and oxygen atoms in total. The third-order valence-electron chi connectivity index (χ3n) is 7.90. The minimum Gasteiger partial charge on any atom is -0.381 e. The number of rotatable bonds is 9. The van der Waals surface area contributed by atoms with Gasteiger partial charge in [0, 0.05) is 58.2 Å². The van der Waals surface area contributed by atoms with Gasteiger partial charge in [-0.2, -0.15) is 0 Å². The maximum absolute atomic E-state index is 13.4. The smallest absolute Gasteiger partial charge is 0.266 e. The van der Waals surface area contributed by atoms with Crippen molar-refractivity contribution >= 4 is 21.8 Å². The molecular weight excluding hydrogens is 446 g/mol. The van der Waals surface area contributed by atoms with Crippen LogP contribution in [0.3, 0.4) is 0 Å². The van der Waals surface area contributed by atoms with Gasteiger partial charge in [0.2, 0.25) is 15.9 Å². The molecule has 0 radical (unpaired) electrons. The number of hydroxylamine groups is 1. The van der Waals surface area contributed by atoms with E-state index in [0.29, 0.717) is 31.5 Å². The van der Waals surface area contributed by atoms with E-state index < -0.39 is 20.7 Å². The average molecular weight is 488 g/mol. The quantitative estimate of drug-likeness (QED) is 0.381. The Morgan fingerprint density at radius 1 is 1.09 bits per heavy atom. The highest BCUT2D eigenvalue weighted by atomic mass is 32.2. The molecule has 1 aliphatic carbocycles. The van der Waals surface area contributed by atoms with Crippen molar-refractivity contribution in [3.63, 3.8) is 0 Å². The summed E-state index contributed by atoms with van der Waals surface area (Å²) in [5.74, 6) is -0.239. The van der Waals surface area contributed by atoms with Crippen LogP contribution in [0.2, 0.25) is 0 Å².